The van der Waals surface area contributed by atoms with E-state index in [4.69, 9.17) is 0 Å². The highest BCUT2D eigenvalue weighted by atomic mass is 15.4. The Morgan fingerprint density at radius 3 is 2.38 bits per heavy atom. The van der Waals surface area contributed by atoms with E-state index >= 15 is 0 Å². The lowest BCUT2D eigenvalue weighted by Gasteiger charge is -2.32. The Hall–Kier alpha value is -3.00. The van der Waals surface area contributed by atoms with Crippen molar-refractivity contribution >= 4 is 23.5 Å². The van der Waals surface area contributed by atoms with Gasteiger partial charge >= 0.3 is 0 Å². The lowest BCUT2D eigenvalue weighted by atomic mass is 9.75. The maximum atomic E-state index is 2.77. The molecule has 6 aliphatic rings. The molecule has 170 valence electrons. The summed E-state index contributed by atoms with van der Waals surface area (Å²) in [5, 5.41) is 0. The van der Waals surface area contributed by atoms with E-state index in [9.17, 15) is 0 Å². The third kappa shape index (κ3) is 2.19. The first-order chi connectivity index (χ1) is 16.6. The van der Waals surface area contributed by atoms with Crippen molar-refractivity contribution in [3.8, 4) is 0 Å². The summed E-state index contributed by atoms with van der Waals surface area (Å²) >= 11 is 0. The summed E-state index contributed by atoms with van der Waals surface area (Å²) in [6.45, 7) is 5.93. The van der Waals surface area contributed by atoms with Gasteiger partial charge in [-0.1, -0.05) is 74.1 Å². The standard InChI is InChI=1S/C32H32N2/c1-32(2)27-15-9-8-12-22(27)26-17-25-19(16-28(26)32)18-34-30-24-14-7-5-11-21(24)20-10-4-6-13-23(20)29(30)33(3)31(25)34/h4-5,8-12,15-16,26,31H,6-7,13-14,17-18H2,1-3H3. The van der Waals surface area contributed by atoms with E-state index in [-0.39, 0.29) is 5.41 Å². The fourth-order valence-corrected chi connectivity index (χ4v) is 8.20. The zero-order valence-corrected chi connectivity index (χ0v) is 20.5. The summed E-state index contributed by atoms with van der Waals surface area (Å²) in [6, 6.07) is 9.21. The molecule has 0 amide bonds. The average Bonchev–Trinajstić information content (AvgIpc) is 3.45. The maximum Gasteiger partial charge on any atom is 0.125 e. The van der Waals surface area contributed by atoms with Gasteiger partial charge in [-0.05, 0) is 76.6 Å². The molecular weight excluding hydrogens is 412 g/mol. The van der Waals surface area contributed by atoms with Crippen LogP contribution in [0, 0.1) is 0 Å². The SMILES string of the molecule is CN1c2c3c(c4c(c2N2CC5=C(CC6C(=C5)C(C)(C)c5ccccc56)C12)CCC=C4)C=CCC3. The summed E-state index contributed by atoms with van der Waals surface area (Å²) in [5.74, 6) is 0.538. The molecule has 2 heterocycles. The maximum absolute atomic E-state index is 2.77. The molecule has 2 unspecified atom stereocenters. The Bertz CT molecular complexity index is 1410. The lowest BCUT2D eigenvalue weighted by Crippen LogP contribution is -2.39. The highest BCUT2D eigenvalue weighted by molar-refractivity contribution is 5.94. The molecule has 2 heteroatoms. The van der Waals surface area contributed by atoms with Crippen molar-refractivity contribution in [2.75, 3.05) is 23.4 Å². The molecule has 0 fully saturated rings. The van der Waals surface area contributed by atoms with E-state index in [1.165, 1.54) is 41.6 Å². The zero-order chi connectivity index (χ0) is 22.8. The number of fused-ring (bicyclic) bond motifs is 12. The first kappa shape index (κ1) is 19.3. The van der Waals surface area contributed by atoms with Gasteiger partial charge in [-0.25, -0.2) is 0 Å². The molecule has 0 saturated heterocycles. The Kier molecular flexibility index (Phi) is 3.61. The molecule has 8 rings (SSSR count). The van der Waals surface area contributed by atoms with E-state index < -0.39 is 0 Å². The Labute approximate surface area is 203 Å². The van der Waals surface area contributed by atoms with Gasteiger partial charge in [0.25, 0.3) is 0 Å². The highest BCUT2D eigenvalue weighted by Crippen LogP contribution is 2.59. The monoisotopic (exact) mass is 444 g/mol. The van der Waals surface area contributed by atoms with Crippen LogP contribution in [0.2, 0.25) is 0 Å². The van der Waals surface area contributed by atoms with Crippen LogP contribution < -0.4 is 9.80 Å². The molecule has 4 aliphatic carbocycles. The van der Waals surface area contributed by atoms with Gasteiger partial charge in [0.2, 0.25) is 0 Å². The van der Waals surface area contributed by atoms with E-state index in [0.717, 1.165) is 19.4 Å². The molecule has 0 radical (unpaired) electrons. The van der Waals surface area contributed by atoms with Crippen LogP contribution in [0.25, 0.3) is 12.2 Å². The van der Waals surface area contributed by atoms with E-state index in [0.29, 0.717) is 12.1 Å². The van der Waals surface area contributed by atoms with Crippen molar-refractivity contribution in [2.45, 2.75) is 63.5 Å². The van der Waals surface area contributed by atoms with Crippen LogP contribution in [-0.4, -0.2) is 19.8 Å². The van der Waals surface area contributed by atoms with Gasteiger partial charge in [0.1, 0.15) is 6.17 Å². The van der Waals surface area contributed by atoms with Crippen molar-refractivity contribution in [3.63, 3.8) is 0 Å². The number of likely N-dealkylation sites (N-methyl/N-ethyl adjacent to an activating group) is 1. The average molecular weight is 445 g/mol. The molecule has 0 aromatic heterocycles. The van der Waals surface area contributed by atoms with Gasteiger partial charge in [0.15, 0.2) is 0 Å². The predicted molar refractivity (Wildman–Crippen MR) is 143 cm³/mol. The number of nitrogens with zero attached hydrogens (tertiary/aromatic N) is 2. The molecule has 2 nitrogen and oxygen atoms in total. The smallest absolute Gasteiger partial charge is 0.125 e. The quantitative estimate of drug-likeness (QED) is 0.436. The minimum atomic E-state index is 0.131. The lowest BCUT2D eigenvalue weighted by molar-refractivity contribution is 0.596. The van der Waals surface area contributed by atoms with Crippen molar-refractivity contribution in [1.29, 1.82) is 0 Å². The second-order valence-corrected chi connectivity index (χ2v) is 11.6. The van der Waals surface area contributed by atoms with E-state index in [1.54, 1.807) is 39.1 Å². The third-order valence-corrected chi connectivity index (χ3v) is 9.65. The summed E-state index contributed by atoms with van der Waals surface area (Å²) in [5.41, 5.74) is 17.4. The van der Waals surface area contributed by atoms with E-state index in [2.05, 4.69) is 85.3 Å². The fourth-order valence-electron chi connectivity index (χ4n) is 8.20. The third-order valence-electron chi connectivity index (χ3n) is 9.65. The second kappa shape index (κ2) is 6.36. The number of benzene rings is 2. The van der Waals surface area contributed by atoms with Crippen molar-refractivity contribution in [1.82, 2.24) is 0 Å². The van der Waals surface area contributed by atoms with Gasteiger partial charge in [0.05, 0.1) is 11.4 Å². The number of allylic oxidation sites excluding steroid dienone is 3. The molecule has 2 aromatic carbocycles. The fraction of sp³-hybridized carbons (Fsp3) is 0.375. The second-order valence-electron chi connectivity index (χ2n) is 11.6. The van der Waals surface area contributed by atoms with Crippen LogP contribution in [0.4, 0.5) is 11.4 Å². The molecule has 0 saturated carbocycles. The summed E-state index contributed by atoms with van der Waals surface area (Å²) in [6.07, 6.45) is 18.4. The van der Waals surface area contributed by atoms with Crippen LogP contribution in [0.15, 0.2) is 59.2 Å². The minimum Gasteiger partial charge on any atom is -0.349 e. The zero-order valence-electron chi connectivity index (χ0n) is 20.5. The Morgan fingerprint density at radius 2 is 1.62 bits per heavy atom. The molecule has 0 bridgehead atoms. The minimum absolute atomic E-state index is 0.131. The predicted octanol–water partition coefficient (Wildman–Crippen LogP) is 6.90. The molecule has 2 atom stereocenters. The molecule has 0 N–H and O–H groups in total. The van der Waals surface area contributed by atoms with Crippen LogP contribution >= 0.6 is 0 Å². The molecular formula is C32H32N2. The molecule has 2 aliphatic heterocycles. The van der Waals surface area contributed by atoms with Gasteiger partial charge in [-0.15, -0.1) is 0 Å². The van der Waals surface area contributed by atoms with E-state index in [1.807, 2.05) is 0 Å². The van der Waals surface area contributed by atoms with Crippen molar-refractivity contribution in [3.05, 3.63) is 92.6 Å². The first-order valence-electron chi connectivity index (χ1n) is 13.1. The number of anilines is 2. The Balaban J connectivity index is 1.29. The van der Waals surface area contributed by atoms with Gasteiger partial charge in [-0.2, -0.15) is 0 Å². The number of hydrogen-bond acceptors (Lipinski definition) is 2. The van der Waals surface area contributed by atoms with Crippen LogP contribution in [0.5, 0.6) is 0 Å². The summed E-state index contributed by atoms with van der Waals surface area (Å²) < 4.78 is 0. The number of rotatable bonds is 0. The Morgan fingerprint density at radius 1 is 0.912 bits per heavy atom. The van der Waals surface area contributed by atoms with Gasteiger partial charge in [-0.3, -0.25) is 0 Å². The largest absolute Gasteiger partial charge is 0.349 e. The summed E-state index contributed by atoms with van der Waals surface area (Å²) in [4.78, 5) is 5.42. The van der Waals surface area contributed by atoms with Crippen LogP contribution in [0.3, 0.4) is 0 Å². The van der Waals surface area contributed by atoms with Crippen LogP contribution in [-0.2, 0) is 18.3 Å². The normalized spacial score (nSPS) is 26.5. The van der Waals surface area contributed by atoms with Crippen molar-refractivity contribution in [2.24, 2.45) is 0 Å². The number of hydrogen-bond donors (Lipinski definition) is 0. The first-order valence-corrected chi connectivity index (χ1v) is 13.1. The van der Waals surface area contributed by atoms with Crippen LogP contribution in [0.1, 0.15) is 72.4 Å². The molecule has 2 aromatic rings. The summed E-state index contributed by atoms with van der Waals surface area (Å²) in [7, 11) is 2.37. The van der Waals surface area contributed by atoms with Gasteiger partial charge in [0, 0.05) is 24.9 Å². The molecule has 34 heavy (non-hydrogen) atoms. The molecule has 0 spiro atoms. The van der Waals surface area contributed by atoms with Crippen molar-refractivity contribution < 1.29 is 0 Å². The topological polar surface area (TPSA) is 6.48 Å². The highest BCUT2D eigenvalue weighted by Gasteiger charge is 2.50. The van der Waals surface area contributed by atoms with Gasteiger partial charge < -0.3 is 9.80 Å².